The van der Waals surface area contributed by atoms with Crippen molar-refractivity contribution in [3.63, 3.8) is 0 Å². The summed E-state index contributed by atoms with van der Waals surface area (Å²) in [6.07, 6.45) is 12.7. The van der Waals surface area contributed by atoms with Crippen LogP contribution in [-0.2, 0) is 9.53 Å². The Morgan fingerprint density at radius 1 is 0.583 bits per heavy atom. The predicted octanol–water partition coefficient (Wildman–Crippen LogP) is 11.6. The standard InChI is InChI=1S/C50H50N2O8/c1-4-47(53)58-35-14-12-10-8-6-5-7-9-11-13-34-57-44-30-22-38(23-31-44)37-18-20-40(21-19-37)49(55)60-46-17-15-16-41(36-46)50(56)59-45-32-24-39(25-33-45)48(54)52(3)43-28-26-42(51-2)27-29-43/h4,15-33,36H,1,5-14,34-35H2,3H3. The summed E-state index contributed by atoms with van der Waals surface area (Å²) in [5.74, 6) is -0.587. The first-order valence-electron chi connectivity index (χ1n) is 20.3. The molecule has 10 heteroatoms. The summed E-state index contributed by atoms with van der Waals surface area (Å²) in [5.41, 5.74) is 3.98. The van der Waals surface area contributed by atoms with Crippen molar-refractivity contribution in [3.8, 4) is 28.4 Å². The zero-order chi connectivity index (χ0) is 42.5. The maximum absolute atomic E-state index is 13.0. The lowest BCUT2D eigenvalue weighted by Crippen LogP contribution is -2.26. The molecule has 0 unspecified atom stereocenters. The predicted molar refractivity (Wildman–Crippen MR) is 233 cm³/mol. The molecule has 1 amide bonds. The molecule has 0 fully saturated rings. The minimum atomic E-state index is -0.654. The van der Waals surface area contributed by atoms with Crippen molar-refractivity contribution in [2.75, 3.05) is 25.2 Å². The van der Waals surface area contributed by atoms with Crippen LogP contribution >= 0.6 is 0 Å². The van der Waals surface area contributed by atoms with Gasteiger partial charge in [-0.15, -0.1) is 0 Å². The second-order valence-electron chi connectivity index (χ2n) is 14.2. The van der Waals surface area contributed by atoms with Crippen LogP contribution < -0.4 is 19.1 Å². The second-order valence-corrected chi connectivity index (χ2v) is 14.2. The minimum absolute atomic E-state index is 0.184. The number of rotatable bonds is 22. The number of anilines is 1. The summed E-state index contributed by atoms with van der Waals surface area (Å²) in [5, 5.41) is 0. The summed E-state index contributed by atoms with van der Waals surface area (Å²) in [6.45, 7) is 11.6. The number of carbonyl (C=O) groups excluding carboxylic acids is 4. The Bertz CT molecular complexity index is 2230. The quantitative estimate of drug-likeness (QED) is 0.0223. The van der Waals surface area contributed by atoms with Gasteiger partial charge in [-0.25, -0.2) is 19.2 Å². The Morgan fingerprint density at radius 3 is 1.70 bits per heavy atom. The van der Waals surface area contributed by atoms with E-state index in [1.807, 2.05) is 36.4 Å². The van der Waals surface area contributed by atoms with Crippen molar-refractivity contribution >= 4 is 35.2 Å². The first-order chi connectivity index (χ1) is 29.2. The highest BCUT2D eigenvalue weighted by atomic mass is 16.5. The van der Waals surface area contributed by atoms with Gasteiger partial charge in [0.15, 0.2) is 5.69 Å². The van der Waals surface area contributed by atoms with Gasteiger partial charge < -0.3 is 23.8 Å². The molecule has 0 spiro atoms. The molecule has 0 saturated carbocycles. The number of nitrogens with zero attached hydrogens (tertiary/aromatic N) is 2. The molecule has 0 atom stereocenters. The molecule has 0 bridgehead atoms. The number of hydrogen-bond acceptors (Lipinski definition) is 8. The summed E-state index contributed by atoms with van der Waals surface area (Å²) in [4.78, 5) is 54.8. The molecule has 0 aliphatic heterocycles. The maximum atomic E-state index is 13.0. The van der Waals surface area contributed by atoms with E-state index < -0.39 is 11.9 Å². The molecule has 5 aromatic carbocycles. The van der Waals surface area contributed by atoms with Crippen LogP contribution in [0.1, 0.15) is 95.3 Å². The fourth-order valence-corrected chi connectivity index (χ4v) is 6.33. The highest BCUT2D eigenvalue weighted by Crippen LogP contribution is 2.25. The van der Waals surface area contributed by atoms with Gasteiger partial charge in [0.1, 0.15) is 17.2 Å². The molecule has 0 aliphatic carbocycles. The summed E-state index contributed by atoms with van der Waals surface area (Å²) < 4.78 is 22.1. The van der Waals surface area contributed by atoms with Gasteiger partial charge in [0.2, 0.25) is 0 Å². The van der Waals surface area contributed by atoms with Crippen LogP contribution in [0.2, 0.25) is 0 Å². The van der Waals surface area contributed by atoms with E-state index in [-0.39, 0.29) is 28.9 Å². The van der Waals surface area contributed by atoms with Gasteiger partial charge in [0.05, 0.1) is 30.9 Å². The molecule has 0 saturated heterocycles. The Hall–Kier alpha value is -6.99. The third kappa shape index (κ3) is 13.8. The molecule has 60 heavy (non-hydrogen) atoms. The summed E-state index contributed by atoms with van der Waals surface area (Å²) >= 11 is 0. The lowest BCUT2D eigenvalue weighted by atomic mass is 10.0. The summed E-state index contributed by atoms with van der Waals surface area (Å²) in [6, 6.07) is 34.1. The maximum Gasteiger partial charge on any atom is 0.343 e. The fraction of sp³-hybridized carbons (Fsp3) is 0.260. The second kappa shape index (κ2) is 23.4. The molecule has 308 valence electrons. The molecule has 10 nitrogen and oxygen atoms in total. The molecular formula is C50H50N2O8. The number of amides is 1. The Labute approximate surface area is 352 Å². The SMILES string of the molecule is [C-]#[N+]c1ccc(N(C)C(=O)c2ccc(OC(=O)c3cccc(OC(=O)c4ccc(-c5ccc(OCCCCCCCCCCCCOC(=O)C=C)cc5)cc4)c3)cc2)cc1. The third-order valence-corrected chi connectivity index (χ3v) is 9.79. The van der Waals surface area contributed by atoms with E-state index >= 15 is 0 Å². The number of ether oxygens (including phenoxy) is 4. The monoisotopic (exact) mass is 806 g/mol. The van der Waals surface area contributed by atoms with Gasteiger partial charge in [-0.3, -0.25) is 4.79 Å². The number of benzene rings is 5. The third-order valence-electron chi connectivity index (χ3n) is 9.79. The van der Waals surface area contributed by atoms with E-state index in [0.29, 0.717) is 35.7 Å². The normalized spacial score (nSPS) is 10.5. The molecule has 5 rings (SSSR count). The van der Waals surface area contributed by atoms with E-state index in [9.17, 15) is 19.2 Å². The van der Waals surface area contributed by atoms with Crippen molar-refractivity contribution in [1.82, 2.24) is 0 Å². The summed E-state index contributed by atoms with van der Waals surface area (Å²) in [7, 11) is 1.64. The molecule has 0 N–H and O–H groups in total. The van der Waals surface area contributed by atoms with Crippen molar-refractivity contribution in [2.45, 2.75) is 64.2 Å². The van der Waals surface area contributed by atoms with Gasteiger partial charge in [0, 0.05) is 24.4 Å². The Balaban J connectivity index is 0.995. The van der Waals surface area contributed by atoms with E-state index in [2.05, 4.69) is 11.4 Å². The first-order valence-corrected chi connectivity index (χ1v) is 20.3. The minimum Gasteiger partial charge on any atom is -0.494 e. The van der Waals surface area contributed by atoms with Crippen LogP contribution in [0.15, 0.2) is 134 Å². The van der Waals surface area contributed by atoms with Crippen molar-refractivity contribution < 1.29 is 38.1 Å². The van der Waals surface area contributed by atoms with Gasteiger partial charge >= 0.3 is 17.9 Å². The number of carbonyl (C=O) groups is 4. The average Bonchev–Trinajstić information content (AvgIpc) is 3.29. The van der Waals surface area contributed by atoms with Crippen LogP contribution in [0.4, 0.5) is 11.4 Å². The Morgan fingerprint density at radius 2 is 1.10 bits per heavy atom. The van der Waals surface area contributed by atoms with Gasteiger partial charge in [-0.2, -0.15) is 0 Å². The first kappa shape index (κ1) is 44.1. The lowest BCUT2D eigenvalue weighted by Gasteiger charge is -2.17. The molecule has 0 heterocycles. The van der Waals surface area contributed by atoms with Crippen molar-refractivity contribution in [2.24, 2.45) is 0 Å². The Kier molecular flexibility index (Phi) is 17.2. The average molecular weight is 807 g/mol. The zero-order valence-electron chi connectivity index (χ0n) is 34.0. The molecule has 0 aliphatic rings. The van der Waals surface area contributed by atoms with Gasteiger partial charge in [-0.05, 0) is 103 Å². The molecule has 0 aromatic heterocycles. The lowest BCUT2D eigenvalue weighted by molar-refractivity contribution is -0.137. The number of unbranched alkanes of at least 4 members (excludes halogenated alkanes) is 9. The van der Waals surface area contributed by atoms with Crippen LogP contribution in [-0.4, -0.2) is 44.1 Å². The van der Waals surface area contributed by atoms with Gasteiger partial charge in [0.25, 0.3) is 5.91 Å². The van der Waals surface area contributed by atoms with Gasteiger partial charge in [-0.1, -0.05) is 100 Å². The highest BCUT2D eigenvalue weighted by molar-refractivity contribution is 6.06. The fourth-order valence-electron chi connectivity index (χ4n) is 6.33. The van der Waals surface area contributed by atoms with Crippen molar-refractivity contribution in [3.05, 3.63) is 162 Å². The van der Waals surface area contributed by atoms with Crippen LogP contribution in [0.3, 0.4) is 0 Å². The highest BCUT2D eigenvalue weighted by Gasteiger charge is 2.16. The topological polar surface area (TPSA) is 113 Å². The van der Waals surface area contributed by atoms with E-state index in [1.54, 1.807) is 73.8 Å². The molecule has 0 radical (unpaired) electrons. The zero-order valence-corrected chi connectivity index (χ0v) is 34.0. The molecular weight excluding hydrogens is 757 g/mol. The largest absolute Gasteiger partial charge is 0.494 e. The van der Waals surface area contributed by atoms with Crippen LogP contribution in [0.5, 0.6) is 17.2 Å². The number of esters is 3. The van der Waals surface area contributed by atoms with Crippen molar-refractivity contribution in [1.29, 1.82) is 0 Å². The van der Waals surface area contributed by atoms with E-state index in [1.165, 1.54) is 67.7 Å². The van der Waals surface area contributed by atoms with E-state index in [4.69, 9.17) is 25.5 Å². The van der Waals surface area contributed by atoms with Crippen LogP contribution in [0.25, 0.3) is 16.0 Å². The number of hydrogen-bond donors (Lipinski definition) is 0. The van der Waals surface area contributed by atoms with Crippen LogP contribution in [0, 0.1) is 6.57 Å². The molecule has 5 aromatic rings. The van der Waals surface area contributed by atoms with E-state index in [0.717, 1.165) is 42.6 Å². The smallest absolute Gasteiger partial charge is 0.343 e.